The van der Waals surface area contributed by atoms with Crippen LogP contribution in [0, 0.1) is 0 Å². The Labute approximate surface area is 141 Å². The number of Topliss-reactive ketones (excluding diaryl/α,β-unsaturated/α-hetero) is 1. The summed E-state index contributed by atoms with van der Waals surface area (Å²) in [6, 6.07) is 24.8. The highest BCUT2D eigenvalue weighted by Crippen LogP contribution is 2.22. The van der Waals surface area contributed by atoms with Crippen molar-refractivity contribution in [2.45, 2.75) is 13.0 Å². The predicted molar refractivity (Wildman–Crippen MR) is 96.1 cm³/mol. The Morgan fingerprint density at radius 1 is 0.833 bits per heavy atom. The topological polar surface area (TPSA) is 52.3 Å². The van der Waals surface area contributed by atoms with Gasteiger partial charge in [-0.2, -0.15) is 0 Å². The number of hydrogen-bond donors (Lipinski definition) is 1. The molecule has 3 rings (SSSR count). The van der Waals surface area contributed by atoms with Gasteiger partial charge in [-0.1, -0.05) is 60.7 Å². The minimum Gasteiger partial charge on any atom is -0.489 e. The summed E-state index contributed by atoms with van der Waals surface area (Å²) in [6.07, 6.45) is 0.327. The summed E-state index contributed by atoms with van der Waals surface area (Å²) in [5.41, 5.74) is 9.00. The molecule has 0 aliphatic carbocycles. The number of nitrogens with two attached hydrogens (primary N) is 1. The standard InChI is InChI=1S/C21H19NO2/c22-20-12-11-18(24-15-17-9-5-2-6-10-17)14-19(20)21(23)13-16-7-3-1-4-8-16/h1-12,14H,13,15,22H2. The quantitative estimate of drug-likeness (QED) is 0.545. The Kier molecular flexibility index (Phi) is 4.92. The third-order valence-electron chi connectivity index (χ3n) is 3.78. The van der Waals surface area contributed by atoms with E-state index in [0.29, 0.717) is 30.0 Å². The first kappa shape index (κ1) is 15.8. The zero-order valence-corrected chi connectivity index (χ0v) is 13.3. The van der Waals surface area contributed by atoms with Crippen molar-refractivity contribution in [1.29, 1.82) is 0 Å². The van der Waals surface area contributed by atoms with Crippen LogP contribution < -0.4 is 10.5 Å². The molecule has 0 saturated heterocycles. The first-order chi connectivity index (χ1) is 11.7. The van der Waals surface area contributed by atoms with Crippen molar-refractivity contribution in [3.8, 4) is 5.75 Å². The Hall–Kier alpha value is -3.07. The molecule has 0 amide bonds. The summed E-state index contributed by atoms with van der Waals surface area (Å²) in [4.78, 5) is 12.5. The molecule has 120 valence electrons. The summed E-state index contributed by atoms with van der Waals surface area (Å²) in [6.45, 7) is 0.455. The van der Waals surface area contributed by atoms with Crippen LogP contribution in [-0.2, 0) is 13.0 Å². The van der Waals surface area contributed by atoms with E-state index in [-0.39, 0.29) is 5.78 Å². The summed E-state index contributed by atoms with van der Waals surface area (Å²) < 4.78 is 5.78. The Morgan fingerprint density at radius 2 is 1.46 bits per heavy atom. The largest absolute Gasteiger partial charge is 0.489 e. The fourth-order valence-electron chi connectivity index (χ4n) is 2.48. The molecule has 0 heterocycles. The van der Waals surface area contributed by atoms with Gasteiger partial charge < -0.3 is 10.5 Å². The van der Waals surface area contributed by atoms with Crippen LogP contribution in [0.2, 0.25) is 0 Å². The van der Waals surface area contributed by atoms with E-state index in [1.807, 2.05) is 60.7 Å². The van der Waals surface area contributed by atoms with Crippen molar-refractivity contribution < 1.29 is 9.53 Å². The van der Waals surface area contributed by atoms with Crippen LogP contribution in [0.1, 0.15) is 21.5 Å². The van der Waals surface area contributed by atoms with Gasteiger partial charge >= 0.3 is 0 Å². The van der Waals surface area contributed by atoms with Crippen molar-refractivity contribution in [3.05, 3.63) is 95.6 Å². The lowest BCUT2D eigenvalue weighted by Gasteiger charge is -2.10. The molecule has 0 unspecified atom stereocenters. The van der Waals surface area contributed by atoms with Crippen molar-refractivity contribution in [1.82, 2.24) is 0 Å². The molecule has 3 aromatic carbocycles. The summed E-state index contributed by atoms with van der Waals surface area (Å²) in [5, 5.41) is 0. The van der Waals surface area contributed by atoms with Gasteiger partial charge in [0.05, 0.1) is 0 Å². The van der Waals surface area contributed by atoms with Gasteiger partial charge in [0.25, 0.3) is 0 Å². The minimum absolute atomic E-state index is 0.0103. The molecule has 0 spiro atoms. The molecule has 0 atom stereocenters. The lowest BCUT2D eigenvalue weighted by atomic mass is 10.0. The number of carbonyl (C=O) groups is 1. The number of ketones is 1. The SMILES string of the molecule is Nc1ccc(OCc2ccccc2)cc1C(=O)Cc1ccccc1. The van der Waals surface area contributed by atoms with Crippen molar-refractivity contribution in [3.63, 3.8) is 0 Å². The van der Waals surface area contributed by atoms with E-state index >= 15 is 0 Å². The van der Waals surface area contributed by atoms with Gasteiger partial charge in [0.2, 0.25) is 0 Å². The molecule has 0 bridgehead atoms. The smallest absolute Gasteiger partial charge is 0.169 e. The monoisotopic (exact) mass is 317 g/mol. The second-order valence-electron chi connectivity index (χ2n) is 5.61. The van der Waals surface area contributed by atoms with Crippen LogP contribution in [0.3, 0.4) is 0 Å². The molecule has 2 N–H and O–H groups in total. The summed E-state index contributed by atoms with van der Waals surface area (Å²) in [5.74, 6) is 0.633. The zero-order valence-electron chi connectivity index (χ0n) is 13.3. The van der Waals surface area contributed by atoms with E-state index in [9.17, 15) is 4.79 Å². The highest BCUT2D eigenvalue weighted by Gasteiger charge is 2.12. The highest BCUT2D eigenvalue weighted by molar-refractivity contribution is 6.02. The maximum Gasteiger partial charge on any atom is 0.169 e. The normalized spacial score (nSPS) is 10.3. The molecule has 24 heavy (non-hydrogen) atoms. The summed E-state index contributed by atoms with van der Waals surface area (Å²) in [7, 11) is 0. The fraction of sp³-hybridized carbons (Fsp3) is 0.0952. The molecule has 3 nitrogen and oxygen atoms in total. The number of benzene rings is 3. The lowest BCUT2D eigenvalue weighted by molar-refractivity contribution is 0.0993. The van der Waals surface area contributed by atoms with E-state index in [1.54, 1.807) is 18.2 Å². The number of hydrogen-bond acceptors (Lipinski definition) is 3. The Bertz CT molecular complexity index is 814. The number of nitrogen functional groups attached to an aromatic ring is 1. The summed E-state index contributed by atoms with van der Waals surface area (Å²) >= 11 is 0. The van der Waals surface area contributed by atoms with Crippen LogP contribution in [0.5, 0.6) is 5.75 Å². The maximum atomic E-state index is 12.5. The van der Waals surface area contributed by atoms with E-state index in [4.69, 9.17) is 10.5 Å². The van der Waals surface area contributed by atoms with E-state index < -0.39 is 0 Å². The number of ether oxygens (including phenoxy) is 1. The van der Waals surface area contributed by atoms with E-state index in [1.165, 1.54) is 0 Å². The van der Waals surface area contributed by atoms with Crippen molar-refractivity contribution >= 4 is 11.5 Å². The molecular weight excluding hydrogens is 298 g/mol. The second-order valence-corrected chi connectivity index (χ2v) is 5.61. The predicted octanol–water partition coefficient (Wildman–Crippen LogP) is 4.27. The van der Waals surface area contributed by atoms with Gasteiger partial charge in [0.1, 0.15) is 12.4 Å². The van der Waals surface area contributed by atoms with Crippen LogP contribution in [0.4, 0.5) is 5.69 Å². The molecule has 0 aromatic heterocycles. The maximum absolute atomic E-state index is 12.5. The van der Waals surface area contributed by atoms with E-state index in [2.05, 4.69) is 0 Å². The average molecular weight is 317 g/mol. The van der Waals surface area contributed by atoms with Crippen LogP contribution in [-0.4, -0.2) is 5.78 Å². The van der Waals surface area contributed by atoms with E-state index in [0.717, 1.165) is 11.1 Å². The highest BCUT2D eigenvalue weighted by atomic mass is 16.5. The third-order valence-corrected chi connectivity index (χ3v) is 3.78. The third kappa shape index (κ3) is 4.02. The van der Waals surface area contributed by atoms with Gasteiger partial charge in [-0.15, -0.1) is 0 Å². The molecule has 0 aliphatic rings. The number of carbonyl (C=O) groups excluding carboxylic acids is 1. The first-order valence-electron chi connectivity index (χ1n) is 7.86. The van der Waals surface area contributed by atoms with Gasteiger partial charge in [-0.3, -0.25) is 4.79 Å². The average Bonchev–Trinajstić information content (AvgIpc) is 2.62. The molecule has 3 heteroatoms. The first-order valence-corrected chi connectivity index (χ1v) is 7.86. The van der Waals surface area contributed by atoms with Crippen LogP contribution in [0.25, 0.3) is 0 Å². The molecule has 3 aromatic rings. The number of anilines is 1. The number of rotatable bonds is 6. The molecule has 0 aliphatic heterocycles. The molecule has 0 fully saturated rings. The Balaban J connectivity index is 1.72. The van der Waals surface area contributed by atoms with Gasteiger partial charge in [0, 0.05) is 17.7 Å². The van der Waals surface area contributed by atoms with Crippen molar-refractivity contribution in [2.24, 2.45) is 0 Å². The van der Waals surface area contributed by atoms with Crippen molar-refractivity contribution in [2.75, 3.05) is 5.73 Å². The zero-order chi connectivity index (χ0) is 16.8. The molecule has 0 saturated carbocycles. The second kappa shape index (κ2) is 7.47. The molecule has 0 radical (unpaired) electrons. The van der Waals surface area contributed by atoms with Gasteiger partial charge in [-0.05, 0) is 29.3 Å². The lowest BCUT2D eigenvalue weighted by Crippen LogP contribution is -2.07. The molecular formula is C21H19NO2. The van der Waals surface area contributed by atoms with Gasteiger partial charge in [0.15, 0.2) is 5.78 Å². The van der Waals surface area contributed by atoms with Gasteiger partial charge in [-0.25, -0.2) is 0 Å². The minimum atomic E-state index is -0.0103. The Morgan fingerprint density at radius 3 is 2.12 bits per heavy atom. The van der Waals surface area contributed by atoms with Crippen LogP contribution in [0.15, 0.2) is 78.9 Å². The fourth-order valence-corrected chi connectivity index (χ4v) is 2.48. The van der Waals surface area contributed by atoms with Crippen LogP contribution >= 0.6 is 0 Å².